The Bertz CT molecular complexity index is 1060. The summed E-state index contributed by atoms with van der Waals surface area (Å²) < 4.78 is 51.2. The predicted octanol–water partition coefficient (Wildman–Crippen LogP) is 3.88. The van der Waals surface area contributed by atoms with Crippen LogP contribution >= 0.6 is 11.8 Å². The van der Waals surface area contributed by atoms with Gasteiger partial charge in [-0.05, 0) is 42.5 Å². The van der Waals surface area contributed by atoms with Crippen LogP contribution in [0.3, 0.4) is 0 Å². The first-order valence-corrected chi connectivity index (χ1v) is 9.95. The number of rotatable bonds is 6. The molecule has 0 radical (unpaired) electrons. The van der Waals surface area contributed by atoms with Crippen LogP contribution in [0.15, 0.2) is 48.5 Å². The summed E-state index contributed by atoms with van der Waals surface area (Å²) in [5.41, 5.74) is -0.811. The van der Waals surface area contributed by atoms with E-state index in [-0.39, 0.29) is 12.1 Å². The lowest BCUT2D eigenvalue weighted by atomic mass is 10.2. The number of alkyl halides is 3. The highest BCUT2D eigenvalue weighted by Gasteiger charge is 2.41. The first-order chi connectivity index (χ1) is 15.0. The zero-order chi connectivity index (χ0) is 23.5. The molecule has 0 aliphatic carbocycles. The fourth-order valence-corrected chi connectivity index (χ4v) is 3.79. The molecule has 3 rings (SSSR count). The monoisotopic (exact) mass is 469 g/mol. The normalized spacial score (nSPS) is 16.2. The number of nitrogens with one attached hydrogen (secondary N) is 2. The maximum Gasteiger partial charge on any atom is 0.416 e. The summed E-state index contributed by atoms with van der Waals surface area (Å²) in [7, 11) is 0. The van der Waals surface area contributed by atoms with Gasteiger partial charge in [0.25, 0.3) is 5.24 Å². The second-order valence-corrected chi connectivity index (χ2v) is 7.84. The molecule has 2 N–H and O–H groups in total. The Balaban J connectivity index is 1.57. The predicted molar refractivity (Wildman–Crippen MR) is 108 cm³/mol. The lowest BCUT2D eigenvalue weighted by Gasteiger charge is -2.14. The van der Waals surface area contributed by atoms with Gasteiger partial charge in [-0.3, -0.25) is 24.1 Å². The summed E-state index contributed by atoms with van der Waals surface area (Å²) >= 11 is 0.565. The Hall–Kier alpha value is -3.41. The maximum atomic E-state index is 12.9. The fourth-order valence-electron chi connectivity index (χ4n) is 2.80. The summed E-state index contributed by atoms with van der Waals surface area (Å²) in [6.45, 7) is -0.711. The van der Waals surface area contributed by atoms with Crippen LogP contribution in [0.4, 0.5) is 33.7 Å². The van der Waals surface area contributed by atoms with Gasteiger partial charge < -0.3 is 10.6 Å². The lowest BCUT2D eigenvalue weighted by molar-refractivity contribution is -0.137. The summed E-state index contributed by atoms with van der Waals surface area (Å²) in [6.07, 6.45) is -4.96. The van der Waals surface area contributed by atoms with E-state index in [0.717, 1.165) is 30.3 Å². The number of hydrogen-bond donors (Lipinski definition) is 2. The van der Waals surface area contributed by atoms with Crippen LogP contribution in [0.5, 0.6) is 0 Å². The van der Waals surface area contributed by atoms with Crippen molar-refractivity contribution < 1.29 is 36.7 Å². The van der Waals surface area contributed by atoms with Crippen molar-refractivity contribution in [1.29, 1.82) is 0 Å². The molecule has 12 heteroatoms. The molecule has 1 heterocycles. The second-order valence-electron chi connectivity index (χ2n) is 6.68. The standard InChI is InChI=1S/C20H15F4N3O4S/c21-12-4-6-13(7-5-12)25-16(28)9-15-18(30)27(19(31)32-15)10-17(29)26-14-3-1-2-11(8-14)20(22,23)24/h1-8,15H,9-10H2,(H,25,28)(H,26,29). The van der Waals surface area contributed by atoms with Gasteiger partial charge in [-0.15, -0.1) is 0 Å². The van der Waals surface area contributed by atoms with Crippen LogP contribution < -0.4 is 10.6 Å². The molecule has 1 atom stereocenters. The SMILES string of the molecule is O=C(CC1SC(=O)N(CC(=O)Nc2cccc(C(F)(F)F)c2)C1=O)Nc1ccc(F)cc1. The number of halogens is 4. The molecular weight excluding hydrogens is 454 g/mol. The van der Waals surface area contributed by atoms with Gasteiger partial charge in [-0.25, -0.2) is 4.39 Å². The van der Waals surface area contributed by atoms with Crippen molar-refractivity contribution in [2.75, 3.05) is 17.2 Å². The van der Waals surface area contributed by atoms with Crippen molar-refractivity contribution in [3.05, 3.63) is 59.9 Å². The van der Waals surface area contributed by atoms with Gasteiger partial charge in [0.2, 0.25) is 17.7 Å². The van der Waals surface area contributed by atoms with E-state index in [4.69, 9.17) is 0 Å². The Labute approximate surface area is 183 Å². The van der Waals surface area contributed by atoms with Crippen molar-refractivity contribution in [2.24, 2.45) is 0 Å². The van der Waals surface area contributed by atoms with Gasteiger partial charge >= 0.3 is 6.18 Å². The molecule has 4 amide bonds. The third-order valence-corrected chi connectivity index (χ3v) is 5.35. The first-order valence-electron chi connectivity index (χ1n) is 9.07. The quantitative estimate of drug-likeness (QED) is 0.627. The minimum Gasteiger partial charge on any atom is -0.326 e. The van der Waals surface area contributed by atoms with Crippen molar-refractivity contribution in [2.45, 2.75) is 17.8 Å². The highest BCUT2D eigenvalue weighted by molar-refractivity contribution is 8.15. The smallest absolute Gasteiger partial charge is 0.326 e. The fraction of sp³-hybridized carbons (Fsp3) is 0.200. The topological polar surface area (TPSA) is 95.6 Å². The second kappa shape index (κ2) is 9.39. The zero-order valence-electron chi connectivity index (χ0n) is 16.1. The van der Waals surface area contributed by atoms with Crippen LogP contribution in [-0.4, -0.2) is 39.7 Å². The lowest BCUT2D eigenvalue weighted by Crippen LogP contribution is -2.38. The number of anilines is 2. The van der Waals surface area contributed by atoms with E-state index in [1.54, 1.807) is 0 Å². The molecule has 1 unspecified atom stereocenters. The van der Waals surface area contributed by atoms with Crippen molar-refractivity contribution in [3.63, 3.8) is 0 Å². The largest absolute Gasteiger partial charge is 0.416 e. The molecule has 1 saturated heterocycles. The molecular formula is C20H15F4N3O4S. The Morgan fingerprint density at radius 2 is 1.62 bits per heavy atom. The molecule has 0 aromatic heterocycles. The molecule has 2 aromatic rings. The van der Waals surface area contributed by atoms with E-state index in [1.165, 1.54) is 18.2 Å². The number of carbonyl (C=O) groups is 4. The number of thioether (sulfide) groups is 1. The third-order valence-electron chi connectivity index (χ3n) is 4.28. The Morgan fingerprint density at radius 1 is 0.969 bits per heavy atom. The van der Waals surface area contributed by atoms with Gasteiger partial charge in [0.15, 0.2) is 0 Å². The average molecular weight is 469 g/mol. The molecule has 1 aliphatic heterocycles. The van der Waals surface area contributed by atoms with Gasteiger partial charge in [-0.1, -0.05) is 17.8 Å². The molecule has 2 aromatic carbocycles. The number of nitrogens with zero attached hydrogens (tertiary/aromatic N) is 1. The van der Waals surface area contributed by atoms with Crippen molar-refractivity contribution >= 4 is 46.1 Å². The van der Waals surface area contributed by atoms with Crippen LogP contribution in [-0.2, 0) is 20.6 Å². The van der Waals surface area contributed by atoms with E-state index in [0.29, 0.717) is 22.3 Å². The molecule has 1 fully saturated rings. The molecule has 0 bridgehead atoms. The summed E-state index contributed by atoms with van der Waals surface area (Å²) in [5.74, 6) is -2.73. The molecule has 0 spiro atoms. The van der Waals surface area contributed by atoms with Gasteiger partial charge in [0.05, 0.1) is 5.56 Å². The van der Waals surface area contributed by atoms with Crippen LogP contribution in [0.1, 0.15) is 12.0 Å². The van der Waals surface area contributed by atoms with Crippen LogP contribution in [0, 0.1) is 5.82 Å². The minimum absolute atomic E-state index is 0.146. The highest BCUT2D eigenvalue weighted by atomic mass is 32.2. The average Bonchev–Trinajstić information content (AvgIpc) is 2.96. The Morgan fingerprint density at radius 3 is 2.28 bits per heavy atom. The summed E-state index contributed by atoms with van der Waals surface area (Å²) in [5, 5.41) is 2.85. The highest BCUT2D eigenvalue weighted by Crippen LogP contribution is 2.31. The maximum absolute atomic E-state index is 12.9. The van der Waals surface area contributed by atoms with Gasteiger partial charge in [-0.2, -0.15) is 13.2 Å². The number of amides is 4. The summed E-state index contributed by atoms with van der Waals surface area (Å²) in [6, 6.07) is 8.83. The molecule has 32 heavy (non-hydrogen) atoms. The van der Waals surface area contributed by atoms with E-state index in [2.05, 4.69) is 10.6 Å². The van der Waals surface area contributed by atoms with E-state index in [1.807, 2.05) is 0 Å². The number of imide groups is 1. The van der Waals surface area contributed by atoms with Crippen molar-refractivity contribution in [3.8, 4) is 0 Å². The minimum atomic E-state index is -4.60. The van der Waals surface area contributed by atoms with Gasteiger partial charge in [0, 0.05) is 17.8 Å². The molecule has 1 aliphatic rings. The molecule has 168 valence electrons. The first kappa shape index (κ1) is 23.3. The van der Waals surface area contributed by atoms with Crippen molar-refractivity contribution in [1.82, 2.24) is 4.90 Å². The Kier molecular flexibility index (Phi) is 6.82. The van der Waals surface area contributed by atoms with E-state index < -0.39 is 52.3 Å². The van der Waals surface area contributed by atoms with Gasteiger partial charge in [0.1, 0.15) is 17.6 Å². The van der Waals surface area contributed by atoms with E-state index >= 15 is 0 Å². The van der Waals surface area contributed by atoms with E-state index in [9.17, 15) is 36.7 Å². The number of hydrogen-bond acceptors (Lipinski definition) is 5. The van der Waals surface area contributed by atoms with Crippen LogP contribution in [0.25, 0.3) is 0 Å². The number of benzene rings is 2. The van der Waals surface area contributed by atoms with Crippen LogP contribution in [0.2, 0.25) is 0 Å². The zero-order valence-corrected chi connectivity index (χ0v) is 16.9. The summed E-state index contributed by atoms with van der Waals surface area (Å²) in [4.78, 5) is 49.5. The molecule has 7 nitrogen and oxygen atoms in total. The molecule has 0 saturated carbocycles. The third kappa shape index (κ3) is 5.84. The number of carbonyl (C=O) groups excluding carboxylic acids is 4.